The lowest BCUT2D eigenvalue weighted by molar-refractivity contribution is 0.102. The Bertz CT molecular complexity index is 1090. The smallest absolute Gasteiger partial charge is 0.255 e. The van der Waals surface area contributed by atoms with Crippen LogP contribution in [0.15, 0.2) is 60.9 Å². The van der Waals surface area contributed by atoms with Gasteiger partial charge in [-0.3, -0.25) is 4.79 Å². The first-order valence-corrected chi connectivity index (χ1v) is 8.39. The van der Waals surface area contributed by atoms with Crippen molar-refractivity contribution in [2.45, 2.75) is 0 Å². The van der Waals surface area contributed by atoms with E-state index >= 15 is 0 Å². The van der Waals surface area contributed by atoms with Gasteiger partial charge < -0.3 is 5.32 Å². The summed E-state index contributed by atoms with van der Waals surface area (Å²) in [4.78, 5) is 12.3. The number of hydrogen-bond donors (Lipinski definition) is 1. The Morgan fingerprint density at radius 2 is 1.69 bits per heavy atom. The van der Waals surface area contributed by atoms with Gasteiger partial charge in [0.15, 0.2) is 5.65 Å². The number of nitrogens with zero attached hydrogens (tertiary/aromatic N) is 4. The van der Waals surface area contributed by atoms with E-state index in [0.717, 1.165) is 11.3 Å². The fourth-order valence-electron chi connectivity index (χ4n) is 2.49. The Balaban J connectivity index is 1.54. The number of rotatable bonds is 3. The molecule has 0 aliphatic carbocycles. The molecule has 0 radical (unpaired) electrons. The van der Waals surface area contributed by atoms with Crippen molar-refractivity contribution in [2.75, 3.05) is 5.32 Å². The third-order valence-electron chi connectivity index (χ3n) is 3.72. The predicted octanol–water partition coefficient (Wildman–Crippen LogP) is 4.35. The fourth-order valence-corrected chi connectivity index (χ4v) is 3.02. The van der Waals surface area contributed by atoms with Gasteiger partial charge in [-0.25, -0.2) is 0 Å². The fraction of sp³-hybridized carbons (Fsp3) is 0. The highest BCUT2D eigenvalue weighted by Gasteiger charge is 2.09. The third-order valence-corrected chi connectivity index (χ3v) is 4.16. The number of fused-ring (bicyclic) bond motifs is 1. The van der Waals surface area contributed by atoms with Crippen LogP contribution in [0.5, 0.6) is 0 Å². The normalized spacial score (nSPS) is 10.8. The first kappa shape index (κ1) is 16.5. The van der Waals surface area contributed by atoms with E-state index in [1.807, 2.05) is 24.3 Å². The monoisotopic (exact) mass is 383 g/mol. The molecule has 2 aromatic heterocycles. The molecule has 4 aromatic rings. The van der Waals surface area contributed by atoms with Crippen LogP contribution in [0.25, 0.3) is 16.9 Å². The van der Waals surface area contributed by atoms with E-state index in [4.69, 9.17) is 23.2 Å². The first-order valence-electron chi connectivity index (χ1n) is 7.63. The SMILES string of the molecule is O=C(Nc1ccc(-c2ccc3nncn3n2)cc1)c1cc(Cl)cc(Cl)c1. The Morgan fingerprint density at radius 1 is 0.962 bits per heavy atom. The van der Waals surface area contributed by atoms with E-state index in [1.54, 1.807) is 41.2 Å². The molecule has 0 fully saturated rings. The highest BCUT2D eigenvalue weighted by molar-refractivity contribution is 6.35. The zero-order valence-electron chi connectivity index (χ0n) is 13.2. The maximum atomic E-state index is 12.3. The molecule has 0 aliphatic rings. The van der Waals surface area contributed by atoms with Gasteiger partial charge in [0, 0.05) is 26.9 Å². The van der Waals surface area contributed by atoms with Crippen LogP contribution >= 0.6 is 23.2 Å². The van der Waals surface area contributed by atoms with Gasteiger partial charge in [-0.1, -0.05) is 35.3 Å². The average molecular weight is 384 g/mol. The highest BCUT2D eigenvalue weighted by atomic mass is 35.5. The summed E-state index contributed by atoms with van der Waals surface area (Å²) >= 11 is 11.9. The second-order valence-corrected chi connectivity index (χ2v) is 6.41. The molecule has 0 unspecified atom stereocenters. The van der Waals surface area contributed by atoms with Crippen LogP contribution in [0.3, 0.4) is 0 Å². The second kappa shape index (κ2) is 6.74. The van der Waals surface area contributed by atoms with Gasteiger partial charge in [0.05, 0.1) is 5.69 Å². The molecule has 6 nitrogen and oxygen atoms in total. The van der Waals surface area contributed by atoms with Gasteiger partial charge in [-0.2, -0.15) is 9.61 Å². The highest BCUT2D eigenvalue weighted by Crippen LogP contribution is 2.22. The average Bonchev–Trinajstić information content (AvgIpc) is 3.09. The lowest BCUT2D eigenvalue weighted by Crippen LogP contribution is -2.11. The Hall–Kier alpha value is -2.96. The summed E-state index contributed by atoms with van der Waals surface area (Å²) in [6.07, 6.45) is 1.55. The summed E-state index contributed by atoms with van der Waals surface area (Å²) < 4.78 is 1.61. The Kier molecular flexibility index (Phi) is 4.28. The van der Waals surface area contributed by atoms with Gasteiger partial charge in [-0.05, 0) is 42.5 Å². The van der Waals surface area contributed by atoms with Gasteiger partial charge in [0.25, 0.3) is 5.91 Å². The molecule has 1 N–H and O–H groups in total. The first-order chi connectivity index (χ1) is 12.6. The number of benzene rings is 2. The molecular weight excluding hydrogens is 373 g/mol. The largest absolute Gasteiger partial charge is 0.322 e. The predicted molar refractivity (Wildman–Crippen MR) is 101 cm³/mol. The minimum absolute atomic E-state index is 0.286. The number of carbonyl (C=O) groups excluding carboxylic acids is 1. The maximum Gasteiger partial charge on any atom is 0.255 e. The number of hydrogen-bond acceptors (Lipinski definition) is 4. The summed E-state index contributed by atoms with van der Waals surface area (Å²) in [6.45, 7) is 0. The number of aromatic nitrogens is 4. The van der Waals surface area contributed by atoms with Crippen LogP contribution in [0, 0.1) is 0 Å². The summed E-state index contributed by atoms with van der Waals surface area (Å²) in [5.41, 5.74) is 3.41. The van der Waals surface area contributed by atoms with Crippen molar-refractivity contribution in [1.29, 1.82) is 0 Å². The van der Waals surface area contributed by atoms with Crippen molar-refractivity contribution < 1.29 is 4.79 Å². The second-order valence-electron chi connectivity index (χ2n) is 5.54. The number of nitrogens with one attached hydrogen (secondary N) is 1. The van der Waals surface area contributed by atoms with Crippen molar-refractivity contribution in [1.82, 2.24) is 19.8 Å². The standard InChI is InChI=1S/C18H11Cl2N5O/c19-13-7-12(8-14(20)9-13)18(26)22-15-3-1-11(2-4-15)16-5-6-17-23-21-10-25(17)24-16/h1-10H,(H,22,26). The molecule has 4 rings (SSSR count). The van der Waals surface area contributed by atoms with E-state index in [9.17, 15) is 4.79 Å². The molecule has 26 heavy (non-hydrogen) atoms. The molecular formula is C18H11Cl2N5O. The summed E-state index contributed by atoms with van der Waals surface area (Å²) in [7, 11) is 0. The minimum Gasteiger partial charge on any atom is -0.322 e. The van der Waals surface area contributed by atoms with E-state index in [2.05, 4.69) is 20.6 Å². The maximum absolute atomic E-state index is 12.3. The molecule has 2 aromatic carbocycles. The number of amides is 1. The molecule has 0 atom stereocenters. The van der Waals surface area contributed by atoms with Crippen LogP contribution in [-0.2, 0) is 0 Å². The van der Waals surface area contributed by atoms with E-state index in [1.165, 1.54) is 0 Å². The van der Waals surface area contributed by atoms with Crippen molar-refractivity contribution in [3.05, 3.63) is 76.5 Å². The van der Waals surface area contributed by atoms with Crippen molar-refractivity contribution in [3.63, 3.8) is 0 Å². The quantitative estimate of drug-likeness (QED) is 0.570. The van der Waals surface area contributed by atoms with Gasteiger partial charge in [0.1, 0.15) is 6.33 Å². The van der Waals surface area contributed by atoms with Gasteiger partial charge >= 0.3 is 0 Å². The summed E-state index contributed by atoms with van der Waals surface area (Å²) in [5, 5.41) is 15.8. The summed E-state index contributed by atoms with van der Waals surface area (Å²) in [5.74, 6) is -0.286. The Morgan fingerprint density at radius 3 is 2.42 bits per heavy atom. The third kappa shape index (κ3) is 3.37. The lowest BCUT2D eigenvalue weighted by Gasteiger charge is -2.07. The number of carbonyl (C=O) groups is 1. The molecule has 0 aliphatic heterocycles. The van der Waals surface area contributed by atoms with Crippen LogP contribution in [0.1, 0.15) is 10.4 Å². The van der Waals surface area contributed by atoms with Crippen LogP contribution in [-0.4, -0.2) is 25.7 Å². The van der Waals surface area contributed by atoms with Crippen LogP contribution in [0.2, 0.25) is 10.0 Å². The van der Waals surface area contributed by atoms with E-state index in [0.29, 0.717) is 26.9 Å². The topological polar surface area (TPSA) is 72.2 Å². The Labute approximate surface area is 158 Å². The molecule has 0 spiro atoms. The van der Waals surface area contributed by atoms with Crippen LogP contribution < -0.4 is 5.32 Å². The molecule has 0 bridgehead atoms. The number of halogens is 2. The van der Waals surface area contributed by atoms with Crippen molar-refractivity contribution >= 4 is 40.4 Å². The minimum atomic E-state index is -0.286. The van der Waals surface area contributed by atoms with E-state index < -0.39 is 0 Å². The zero-order valence-corrected chi connectivity index (χ0v) is 14.7. The molecule has 1 amide bonds. The van der Waals surface area contributed by atoms with Gasteiger partial charge in [0.2, 0.25) is 0 Å². The number of anilines is 1. The molecule has 2 heterocycles. The molecule has 128 valence electrons. The van der Waals surface area contributed by atoms with Crippen molar-refractivity contribution in [3.8, 4) is 11.3 Å². The molecule has 0 saturated heterocycles. The summed E-state index contributed by atoms with van der Waals surface area (Å²) in [6, 6.07) is 15.8. The van der Waals surface area contributed by atoms with Gasteiger partial charge in [-0.15, -0.1) is 10.2 Å². The lowest BCUT2D eigenvalue weighted by atomic mass is 10.1. The zero-order chi connectivity index (χ0) is 18.1. The van der Waals surface area contributed by atoms with E-state index in [-0.39, 0.29) is 5.91 Å². The van der Waals surface area contributed by atoms with Crippen LogP contribution in [0.4, 0.5) is 5.69 Å². The van der Waals surface area contributed by atoms with Crippen molar-refractivity contribution in [2.24, 2.45) is 0 Å². The molecule has 0 saturated carbocycles. The molecule has 8 heteroatoms.